The number of carboxylic acid groups (broad SMARTS) is 1. The first-order valence-electron chi connectivity index (χ1n) is 6.19. The van der Waals surface area contributed by atoms with E-state index in [1.54, 1.807) is 24.3 Å². The van der Waals surface area contributed by atoms with Crippen LogP contribution >= 0.6 is 0 Å². The number of nitrogens with zero attached hydrogens (tertiary/aromatic N) is 1. The molecule has 1 heterocycles. The second-order valence-corrected chi connectivity index (χ2v) is 4.25. The molecule has 2 rings (SSSR count). The maximum absolute atomic E-state index is 12.0. The SMILES string of the molecule is COc1ccc(C(NC(=O)c2ccncc2)C(=O)O)cc1. The summed E-state index contributed by atoms with van der Waals surface area (Å²) in [4.78, 5) is 27.2. The molecule has 0 aliphatic rings. The number of aliphatic carboxylic acids is 1. The lowest BCUT2D eigenvalue weighted by atomic mass is 10.1. The zero-order chi connectivity index (χ0) is 15.2. The molecule has 0 aliphatic carbocycles. The molecule has 2 aromatic rings. The van der Waals surface area contributed by atoms with Crippen molar-refractivity contribution < 1.29 is 19.4 Å². The molecule has 0 saturated carbocycles. The van der Waals surface area contributed by atoms with Gasteiger partial charge < -0.3 is 15.2 Å². The second-order valence-electron chi connectivity index (χ2n) is 4.25. The quantitative estimate of drug-likeness (QED) is 0.872. The van der Waals surface area contributed by atoms with Gasteiger partial charge in [0.2, 0.25) is 0 Å². The number of methoxy groups -OCH3 is 1. The van der Waals surface area contributed by atoms with Crippen molar-refractivity contribution in [2.75, 3.05) is 7.11 Å². The zero-order valence-corrected chi connectivity index (χ0v) is 11.3. The summed E-state index contributed by atoms with van der Waals surface area (Å²) in [7, 11) is 1.52. The van der Waals surface area contributed by atoms with Gasteiger partial charge in [-0.3, -0.25) is 9.78 Å². The van der Waals surface area contributed by atoms with Crippen LogP contribution < -0.4 is 10.1 Å². The fraction of sp³-hybridized carbons (Fsp3) is 0.133. The van der Waals surface area contributed by atoms with Gasteiger partial charge in [0.05, 0.1) is 7.11 Å². The summed E-state index contributed by atoms with van der Waals surface area (Å²) in [6.07, 6.45) is 2.94. The Morgan fingerprint density at radius 1 is 1.14 bits per heavy atom. The molecule has 2 N–H and O–H groups in total. The maximum Gasteiger partial charge on any atom is 0.330 e. The Morgan fingerprint density at radius 2 is 1.76 bits per heavy atom. The smallest absolute Gasteiger partial charge is 0.330 e. The first-order chi connectivity index (χ1) is 10.1. The summed E-state index contributed by atoms with van der Waals surface area (Å²) < 4.78 is 5.02. The molecule has 1 aromatic heterocycles. The number of hydrogen-bond donors (Lipinski definition) is 2. The lowest BCUT2D eigenvalue weighted by Crippen LogP contribution is -2.33. The van der Waals surface area contributed by atoms with Crippen molar-refractivity contribution in [3.8, 4) is 5.75 Å². The molecule has 1 aromatic carbocycles. The topological polar surface area (TPSA) is 88.5 Å². The standard InChI is InChI=1S/C15H14N2O4/c1-21-12-4-2-10(3-5-12)13(15(19)20)17-14(18)11-6-8-16-9-7-11/h2-9,13H,1H3,(H,17,18)(H,19,20). The van der Waals surface area contributed by atoms with Gasteiger partial charge in [-0.15, -0.1) is 0 Å². The average molecular weight is 286 g/mol. The fourth-order valence-electron chi connectivity index (χ4n) is 1.80. The third kappa shape index (κ3) is 3.56. The van der Waals surface area contributed by atoms with Gasteiger partial charge in [0.1, 0.15) is 5.75 Å². The number of amides is 1. The predicted molar refractivity (Wildman–Crippen MR) is 75.1 cm³/mol. The monoisotopic (exact) mass is 286 g/mol. The normalized spacial score (nSPS) is 11.5. The first kappa shape index (κ1) is 14.5. The van der Waals surface area contributed by atoms with Gasteiger partial charge in [0.25, 0.3) is 5.91 Å². The first-order valence-corrected chi connectivity index (χ1v) is 6.19. The van der Waals surface area contributed by atoms with Crippen molar-refractivity contribution >= 4 is 11.9 Å². The number of carbonyl (C=O) groups excluding carboxylic acids is 1. The molecular weight excluding hydrogens is 272 g/mol. The highest BCUT2D eigenvalue weighted by atomic mass is 16.5. The van der Waals surface area contributed by atoms with Crippen LogP contribution in [0, 0.1) is 0 Å². The second kappa shape index (κ2) is 6.51. The highest BCUT2D eigenvalue weighted by molar-refractivity contribution is 5.96. The summed E-state index contributed by atoms with van der Waals surface area (Å²) in [5, 5.41) is 11.8. The van der Waals surface area contributed by atoms with Crippen LogP contribution in [0.1, 0.15) is 22.0 Å². The fourth-order valence-corrected chi connectivity index (χ4v) is 1.80. The van der Waals surface area contributed by atoms with Gasteiger partial charge in [-0.05, 0) is 29.8 Å². The van der Waals surface area contributed by atoms with Crippen molar-refractivity contribution in [3.63, 3.8) is 0 Å². The number of benzene rings is 1. The maximum atomic E-state index is 12.0. The van der Waals surface area contributed by atoms with Gasteiger partial charge in [-0.1, -0.05) is 12.1 Å². The van der Waals surface area contributed by atoms with E-state index >= 15 is 0 Å². The Hall–Kier alpha value is -2.89. The lowest BCUT2D eigenvalue weighted by Gasteiger charge is -2.15. The molecule has 0 aliphatic heterocycles. The molecule has 1 unspecified atom stereocenters. The summed E-state index contributed by atoms with van der Waals surface area (Å²) in [6.45, 7) is 0. The Balaban J connectivity index is 2.19. The van der Waals surface area contributed by atoms with E-state index in [0.717, 1.165) is 0 Å². The van der Waals surface area contributed by atoms with Gasteiger partial charge in [0.15, 0.2) is 6.04 Å². The molecular formula is C15H14N2O4. The molecule has 21 heavy (non-hydrogen) atoms. The Kier molecular flexibility index (Phi) is 4.50. The van der Waals surface area contributed by atoms with E-state index in [1.165, 1.54) is 31.6 Å². The van der Waals surface area contributed by atoms with Gasteiger partial charge >= 0.3 is 5.97 Å². The van der Waals surface area contributed by atoms with Crippen LogP contribution in [-0.4, -0.2) is 29.1 Å². The van der Waals surface area contributed by atoms with Crippen LogP contribution in [0.3, 0.4) is 0 Å². The van der Waals surface area contributed by atoms with E-state index in [0.29, 0.717) is 16.9 Å². The molecule has 0 spiro atoms. The minimum absolute atomic E-state index is 0.352. The van der Waals surface area contributed by atoms with E-state index in [1.807, 2.05) is 0 Å². The van der Waals surface area contributed by atoms with Crippen molar-refractivity contribution in [2.24, 2.45) is 0 Å². The molecule has 6 nitrogen and oxygen atoms in total. The lowest BCUT2D eigenvalue weighted by molar-refractivity contribution is -0.139. The average Bonchev–Trinajstić information content (AvgIpc) is 2.53. The molecule has 1 amide bonds. The number of rotatable bonds is 5. The van der Waals surface area contributed by atoms with Gasteiger partial charge in [-0.2, -0.15) is 0 Å². The summed E-state index contributed by atoms with van der Waals surface area (Å²) >= 11 is 0. The summed E-state index contributed by atoms with van der Waals surface area (Å²) in [5.74, 6) is -0.994. The van der Waals surface area contributed by atoms with E-state index in [9.17, 15) is 14.7 Å². The number of aromatic nitrogens is 1. The van der Waals surface area contributed by atoms with Gasteiger partial charge in [0, 0.05) is 18.0 Å². The highest BCUT2D eigenvalue weighted by Crippen LogP contribution is 2.18. The molecule has 0 radical (unpaired) electrons. The highest BCUT2D eigenvalue weighted by Gasteiger charge is 2.22. The predicted octanol–water partition coefficient (Wildman–Crippen LogP) is 1.65. The van der Waals surface area contributed by atoms with Crippen molar-refractivity contribution in [3.05, 3.63) is 59.9 Å². The number of carbonyl (C=O) groups is 2. The number of hydrogen-bond acceptors (Lipinski definition) is 4. The third-order valence-corrected chi connectivity index (χ3v) is 2.91. The van der Waals surface area contributed by atoms with Crippen LogP contribution in [0.4, 0.5) is 0 Å². The molecule has 0 bridgehead atoms. The van der Waals surface area contributed by atoms with Crippen molar-refractivity contribution in [1.82, 2.24) is 10.3 Å². The molecule has 0 saturated heterocycles. The van der Waals surface area contributed by atoms with Crippen LogP contribution in [0.5, 0.6) is 5.75 Å². The minimum Gasteiger partial charge on any atom is -0.497 e. The van der Waals surface area contributed by atoms with Crippen LogP contribution in [0.2, 0.25) is 0 Å². The Morgan fingerprint density at radius 3 is 2.29 bits per heavy atom. The van der Waals surface area contributed by atoms with Crippen LogP contribution in [0.15, 0.2) is 48.8 Å². The number of pyridine rings is 1. The Bertz CT molecular complexity index is 626. The minimum atomic E-state index is -1.14. The molecule has 1 atom stereocenters. The van der Waals surface area contributed by atoms with Gasteiger partial charge in [-0.25, -0.2) is 4.79 Å². The van der Waals surface area contributed by atoms with E-state index in [-0.39, 0.29) is 0 Å². The van der Waals surface area contributed by atoms with E-state index in [4.69, 9.17) is 4.74 Å². The van der Waals surface area contributed by atoms with E-state index < -0.39 is 17.9 Å². The summed E-state index contributed by atoms with van der Waals surface area (Å²) in [6, 6.07) is 8.39. The summed E-state index contributed by atoms with van der Waals surface area (Å²) in [5.41, 5.74) is 0.815. The van der Waals surface area contributed by atoms with Crippen molar-refractivity contribution in [1.29, 1.82) is 0 Å². The Labute approximate surface area is 121 Å². The van der Waals surface area contributed by atoms with Crippen LogP contribution in [0.25, 0.3) is 0 Å². The molecule has 108 valence electrons. The molecule has 6 heteroatoms. The largest absolute Gasteiger partial charge is 0.497 e. The molecule has 0 fully saturated rings. The number of nitrogens with one attached hydrogen (secondary N) is 1. The van der Waals surface area contributed by atoms with Crippen molar-refractivity contribution in [2.45, 2.75) is 6.04 Å². The zero-order valence-electron chi connectivity index (χ0n) is 11.3. The van der Waals surface area contributed by atoms with E-state index in [2.05, 4.69) is 10.3 Å². The third-order valence-electron chi connectivity index (χ3n) is 2.91. The number of carboxylic acids is 1. The number of ether oxygens (including phenoxy) is 1. The van der Waals surface area contributed by atoms with Crippen LogP contribution in [-0.2, 0) is 4.79 Å².